The van der Waals surface area contributed by atoms with Gasteiger partial charge in [0.15, 0.2) is 0 Å². The molecular formula is C13H14N6O3. The number of nitrogens with one attached hydrogen (secondary N) is 1. The van der Waals surface area contributed by atoms with Crippen LogP contribution >= 0.6 is 0 Å². The van der Waals surface area contributed by atoms with Crippen molar-refractivity contribution in [1.82, 2.24) is 14.9 Å². The zero-order chi connectivity index (χ0) is 16.1. The molecule has 1 N–H and O–H groups in total. The van der Waals surface area contributed by atoms with E-state index in [1.165, 1.54) is 0 Å². The first kappa shape index (κ1) is 15.3. The summed E-state index contributed by atoms with van der Waals surface area (Å²) < 4.78 is 6.03. The minimum absolute atomic E-state index is 0.0987. The zero-order valence-corrected chi connectivity index (χ0v) is 12.1. The number of nitrogens with zero attached hydrogens (tertiary/aromatic N) is 5. The Bertz CT molecular complexity index is 760. The first-order chi connectivity index (χ1) is 10.5. The number of ether oxygens (including phenoxy) is 1. The standard InChI is InChI=1S/C13H14N6O3/c1-8(2)22-11(20)7-15-13(21)19-10-6-4-3-5-9(10)16-12(19)17-18-14/h3-6,8H,7H2,1-2H3,(H,15,21). The number of hydrogen-bond acceptors (Lipinski definition) is 5. The lowest BCUT2D eigenvalue weighted by Crippen LogP contribution is -2.34. The van der Waals surface area contributed by atoms with Gasteiger partial charge in [-0.15, -0.1) is 0 Å². The summed E-state index contributed by atoms with van der Waals surface area (Å²) in [5.74, 6) is -0.656. The maximum Gasteiger partial charge on any atom is 0.328 e. The molecule has 0 fully saturated rings. The Labute approximate surface area is 125 Å². The lowest BCUT2D eigenvalue weighted by molar-refractivity contribution is -0.146. The molecule has 0 atom stereocenters. The third kappa shape index (κ3) is 3.33. The molecule has 1 amide bonds. The lowest BCUT2D eigenvalue weighted by Gasteiger charge is -2.10. The predicted molar refractivity (Wildman–Crippen MR) is 78.6 cm³/mol. The molecule has 1 aromatic carbocycles. The summed E-state index contributed by atoms with van der Waals surface area (Å²) in [5, 5.41) is 5.80. The topological polar surface area (TPSA) is 122 Å². The Hall–Kier alpha value is -3.06. The van der Waals surface area contributed by atoms with Crippen LogP contribution < -0.4 is 5.32 Å². The van der Waals surface area contributed by atoms with Gasteiger partial charge in [-0.05, 0) is 36.6 Å². The predicted octanol–water partition coefficient (Wildman–Crippen LogP) is 2.49. The van der Waals surface area contributed by atoms with E-state index in [1.54, 1.807) is 38.1 Å². The second-order valence-electron chi connectivity index (χ2n) is 4.62. The largest absolute Gasteiger partial charge is 0.462 e. The average Bonchev–Trinajstić information content (AvgIpc) is 2.82. The summed E-state index contributed by atoms with van der Waals surface area (Å²) in [6.45, 7) is 3.13. The maximum absolute atomic E-state index is 12.2. The number of imidazole rings is 1. The molecular weight excluding hydrogens is 288 g/mol. The number of azide groups is 1. The summed E-state index contributed by atoms with van der Waals surface area (Å²) >= 11 is 0. The summed E-state index contributed by atoms with van der Waals surface area (Å²) in [6.07, 6.45) is -0.266. The number of carbonyl (C=O) groups is 2. The van der Waals surface area contributed by atoms with Gasteiger partial charge < -0.3 is 10.1 Å². The molecule has 0 unspecified atom stereocenters. The molecule has 0 saturated carbocycles. The van der Waals surface area contributed by atoms with Gasteiger partial charge in [0.1, 0.15) is 6.54 Å². The van der Waals surface area contributed by atoms with Gasteiger partial charge in [0, 0.05) is 4.91 Å². The summed E-state index contributed by atoms with van der Waals surface area (Å²) in [5.41, 5.74) is 9.54. The Kier molecular flexibility index (Phi) is 4.60. The fourth-order valence-corrected chi connectivity index (χ4v) is 1.85. The number of amides is 1. The van der Waals surface area contributed by atoms with Crippen molar-refractivity contribution in [3.8, 4) is 0 Å². The molecule has 0 spiro atoms. The summed E-state index contributed by atoms with van der Waals surface area (Å²) in [7, 11) is 0. The van der Waals surface area contributed by atoms with E-state index < -0.39 is 12.0 Å². The second kappa shape index (κ2) is 6.59. The van der Waals surface area contributed by atoms with Crippen LogP contribution in [0.15, 0.2) is 29.4 Å². The van der Waals surface area contributed by atoms with Crippen molar-refractivity contribution < 1.29 is 14.3 Å². The average molecular weight is 302 g/mol. The van der Waals surface area contributed by atoms with Crippen LogP contribution in [0.3, 0.4) is 0 Å². The van der Waals surface area contributed by atoms with Gasteiger partial charge in [0.2, 0.25) is 5.95 Å². The van der Waals surface area contributed by atoms with E-state index in [-0.39, 0.29) is 18.6 Å². The molecule has 2 rings (SSSR count). The molecule has 114 valence electrons. The molecule has 2 aromatic rings. The Morgan fingerprint density at radius 2 is 2.18 bits per heavy atom. The van der Waals surface area contributed by atoms with Crippen LogP contribution in [-0.4, -0.2) is 34.2 Å². The van der Waals surface area contributed by atoms with Crippen molar-refractivity contribution >= 4 is 29.0 Å². The molecule has 22 heavy (non-hydrogen) atoms. The molecule has 9 nitrogen and oxygen atoms in total. The van der Waals surface area contributed by atoms with Gasteiger partial charge in [0.05, 0.1) is 17.1 Å². The second-order valence-corrected chi connectivity index (χ2v) is 4.62. The Balaban J connectivity index is 2.25. The van der Waals surface area contributed by atoms with E-state index in [0.29, 0.717) is 11.0 Å². The van der Waals surface area contributed by atoms with E-state index in [0.717, 1.165) is 4.57 Å². The third-order valence-corrected chi connectivity index (χ3v) is 2.63. The molecule has 0 radical (unpaired) electrons. The van der Waals surface area contributed by atoms with Crippen LogP contribution in [0, 0.1) is 0 Å². The van der Waals surface area contributed by atoms with Crippen molar-refractivity contribution in [1.29, 1.82) is 0 Å². The van der Waals surface area contributed by atoms with Gasteiger partial charge >= 0.3 is 12.0 Å². The monoisotopic (exact) mass is 302 g/mol. The highest BCUT2D eigenvalue weighted by Gasteiger charge is 2.16. The van der Waals surface area contributed by atoms with Gasteiger partial charge in [-0.1, -0.05) is 12.1 Å². The van der Waals surface area contributed by atoms with Crippen molar-refractivity contribution in [2.24, 2.45) is 5.11 Å². The first-order valence-corrected chi connectivity index (χ1v) is 6.53. The normalized spacial score (nSPS) is 10.3. The summed E-state index contributed by atoms with van der Waals surface area (Å²) in [4.78, 5) is 30.4. The fraction of sp³-hybridized carbons (Fsp3) is 0.308. The smallest absolute Gasteiger partial charge is 0.328 e. The SMILES string of the molecule is CC(C)OC(=O)CNC(=O)n1c(N=[N+]=[N-])nc2ccccc21. The van der Waals surface area contributed by atoms with Crippen LogP contribution in [0.25, 0.3) is 21.5 Å². The van der Waals surface area contributed by atoms with Crippen LogP contribution in [0.2, 0.25) is 0 Å². The highest BCUT2D eigenvalue weighted by atomic mass is 16.5. The third-order valence-electron chi connectivity index (χ3n) is 2.63. The highest BCUT2D eigenvalue weighted by Crippen LogP contribution is 2.21. The van der Waals surface area contributed by atoms with Crippen molar-refractivity contribution in [2.45, 2.75) is 20.0 Å². The number of hydrogen-bond donors (Lipinski definition) is 1. The van der Waals surface area contributed by atoms with Crippen molar-refractivity contribution in [3.63, 3.8) is 0 Å². The van der Waals surface area contributed by atoms with E-state index >= 15 is 0 Å². The molecule has 9 heteroatoms. The molecule has 0 aliphatic heterocycles. The molecule has 1 heterocycles. The van der Waals surface area contributed by atoms with E-state index in [2.05, 4.69) is 20.3 Å². The molecule has 0 aliphatic carbocycles. The van der Waals surface area contributed by atoms with Crippen molar-refractivity contribution in [2.75, 3.05) is 6.54 Å². The number of para-hydroxylation sites is 2. The summed E-state index contributed by atoms with van der Waals surface area (Å²) in [6, 6.07) is 6.18. The Morgan fingerprint density at radius 1 is 1.45 bits per heavy atom. The van der Waals surface area contributed by atoms with E-state index in [4.69, 9.17) is 10.3 Å². The van der Waals surface area contributed by atoms with Crippen LogP contribution in [0.5, 0.6) is 0 Å². The molecule has 0 bridgehead atoms. The zero-order valence-electron chi connectivity index (χ0n) is 12.1. The number of esters is 1. The van der Waals surface area contributed by atoms with Gasteiger partial charge in [-0.3, -0.25) is 4.79 Å². The quantitative estimate of drug-likeness (QED) is 0.403. The fourth-order valence-electron chi connectivity index (χ4n) is 1.85. The first-order valence-electron chi connectivity index (χ1n) is 6.53. The number of rotatable bonds is 4. The Morgan fingerprint density at radius 3 is 2.86 bits per heavy atom. The highest BCUT2D eigenvalue weighted by molar-refractivity contribution is 5.93. The number of carbonyl (C=O) groups excluding carboxylic acids is 2. The van der Waals surface area contributed by atoms with E-state index in [9.17, 15) is 9.59 Å². The van der Waals surface area contributed by atoms with Crippen molar-refractivity contribution in [3.05, 3.63) is 34.7 Å². The van der Waals surface area contributed by atoms with Gasteiger partial charge in [0.25, 0.3) is 0 Å². The number of benzene rings is 1. The molecule has 1 aromatic heterocycles. The number of fused-ring (bicyclic) bond motifs is 1. The van der Waals surface area contributed by atoms with Gasteiger partial charge in [-0.25, -0.2) is 14.3 Å². The van der Waals surface area contributed by atoms with Crippen LogP contribution in [0.4, 0.5) is 10.7 Å². The minimum atomic E-state index is -0.628. The molecule has 0 saturated heterocycles. The molecule has 0 aliphatic rings. The van der Waals surface area contributed by atoms with Gasteiger partial charge in [-0.2, -0.15) is 0 Å². The number of aromatic nitrogens is 2. The van der Waals surface area contributed by atoms with Crippen LogP contribution in [0.1, 0.15) is 13.8 Å². The maximum atomic E-state index is 12.2. The van der Waals surface area contributed by atoms with Crippen LogP contribution in [-0.2, 0) is 9.53 Å². The van der Waals surface area contributed by atoms with E-state index in [1.807, 2.05) is 0 Å². The minimum Gasteiger partial charge on any atom is -0.462 e. The lowest BCUT2D eigenvalue weighted by atomic mass is 10.3.